The number of carbonyl (C=O) groups is 1. The molecule has 0 aliphatic rings. The normalized spacial score (nSPS) is 13.5. The number of carbonyl (C=O) groups excluding carboxylic acids is 1. The van der Waals surface area contributed by atoms with Gasteiger partial charge in [-0.2, -0.15) is 4.98 Å². The van der Waals surface area contributed by atoms with Gasteiger partial charge in [-0.25, -0.2) is 0 Å². The van der Waals surface area contributed by atoms with Crippen LogP contribution < -0.4 is 5.32 Å². The van der Waals surface area contributed by atoms with Crippen LogP contribution in [-0.4, -0.2) is 27.7 Å². The standard InChI is InChI=1S/C17H17N3O4/c1-11-3-8-14(24-11)17(2,22)9-18-16(21)13-6-4-12(5-7-13)15-19-10-23-20-15/h3-8,10,22H,9H2,1-2H3,(H,18,21). The molecule has 0 spiro atoms. The SMILES string of the molecule is Cc1ccc(C(C)(O)CNC(=O)c2ccc(-c3ncon3)cc2)o1. The summed E-state index contributed by atoms with van der Waals surface area (Å²) in [6, 6.07) is 10.2. The highest BCUT2D eigenvalue weighted by Crippen LogP contribution is 2.22. The lowest BCUT2D eigenvalue weighted by molar-refractivity contribution is 0.0323. The van der Waals surface area contributed by atoms with Crippen molar-refractivity contribution in [2.24, 2.45) is 0 Å². The molecule has 2 heterocycles. The van der Waals surface area contributed by atoms with Crippen molar-refractivity contribution in [2.75, 3.05) is 6.54 Å². The van der Waals surface area contributed by atoms with Gasteiger partial charge in [0.25, 0.3) is 5.91 Å². The molecule has 0 aliphatic heterocycles. The summed E-state index contributed by atoms with van der Waals surface area (Å²) in [5.74, 6) is 1.28. The third kappa shape index (κ3) is 3.36. The van der Waals surface area contributed by atoms with E-state index in [9.17, 15) is 9.90 Å². The zero-order valence-electron chi connectivity index (χ0n) is 13.3. The maximum absolute atomic E-state index is 12.2. The van der Waals surface area contributed by atoms with Crippen LogP contribution >= 0.6 is 0 Å². The minimum atomic E-state index is -1.28. The predicted octanol–water partition coefficient (Wildman–Crippen LogP) is 2.28. The molecule has 0 fully saturated rings. The Bertz CT molecular complexity index is 820. The van der Waals surface area contributed by atoms with Crippen molar-refractivity contribution in [1.82, 2.24) is 15.5 Å². The zero-order valence-corrected chi connectivity index (χ0v) is 13.3. The van der Waals surface area contributed by atoms with Crippen LogP contribution in [0.1, 0.15) is 28.8 Å². The molecule has 0 saturated heterocycles. The molecule has 0 aliphatic carbocycles. The summed E-state index contributed by atoms with van der Waals surface area (Å²) < 4.78 is 10.1. The Morgan fingerprint density at radius 3 is 2.58 bits per heavy atom. The third-order valence-electron chi connectivity index (χ3n) is 3.63. The molecule has 1 unspecified atom stereocenters. The monoisotopic (exact) mass is 327 g/mol. The Labute approximate surface area is 138 Å². The number of aryl methyl sites for hydroxylation is 1. The highest BCUT2D eigenvalue weighted by Gasteiger charge is 2.27. The van der Waals surface area contributed by atoms with E-state index >= 15 is 0 Å². The quantitative estimate of drug-likeness (QED) is 0.745. The lowest BCUT2D eigenvalue weighted by atomic mass is 10.0. The van der Waals surface area contributed by atoms with Gasteiger partial charge in [0.1, 0.15) is 17.1 Å². The molecule has 24 heavy (non-hydrogen) atoms. The number of rotatable bonds is 5. The van der Waals surface area contributed by atoms with Crippen LogP contribution in [0.4, 0.5) is 0 Å². The molecular weight excluding hydrogens is 310 g/mol. The van der Waals surface area contributed by atoms with Crippen molar-refractivity contribution in [2.45, 2.75) is 19.4 Å². The molecule has 0 saturated carbocycles. The molecule has 1 atom stereocenters. The summed E-state index contributed by atoms with van der Waals surface area (Å²) in [6.45, 7) is 3.42. The number of benzene rings is 1. The Balaban J connectivity index is 1.64. The van der Waals surface area contributed by atoms with E-state index in [0.29, 0.717) is 22.9 Å². The van der Waals surface area contributed by atoms with Gasteiger partial charge in [0, 0.05) is 11.1 Å². The maximum Gasteiger partial charge on any atom is 0.251 e. The second-order valence-electron chi connectivity index (χ2n) is 5.70. The van der Waals surface area contributed by atoms with Crippen molar-refractivity contribution in [3.63, 3.8) is 0 Å². The van der Waals surface area contributed by atoms with Gasteiger partial charge in [-0.1, -0.05) is 17.3 Å². The van der Waals surface area contributed by atoms with Gasteiger partial charge in [0.15, 0.2) is 0 Å². The first kappa shape index (κ1) is 15.9. The van der Waals surface area contributed by atoms with Gasteiger partial charge >= 0.3 is 0 Å². The molecule has 124 valence electrons. The Hall–Kier alpha value is -2.93. The third-order valence-corrected chi connectivity index (χ3v) is 3.63. The minimum absolute atomic E-state index is 0.0331. The second-order valence-corrected chi connectivity index (χ2v) is 5.70. The largest absolute Gasteiger partial charge is 0.463 e. The predicted molar refractivity (Wildman–Crippen MR) is 85.1 cm³/mol. The molecule has 0 bridgehead atoms. The molecule has 1 amide bonds. The second kappa shape index (κ2) is 6.29. The summed E-state index contributed by atoms with van der Waals surface area (Å²) in [5.41, 5.74) is -0.0684. The van der Waals surface area contributed by atoms with E-state index in [1.54, 1.807) is 50.2 Å². The fourth-order valence-corrected chi connectivity index (χ4v) is 2.23. The topological polar surface area (TPSA) is 101 Å². The molecule has 3 rings (SSSR count). The fraction of sp³-hybridized carbons (Fsp3) is 0.235. The van der Waals surface area contributed by atoms with Crippen molar-refractivity contribution in [3.05, 3.63) is 59.9 Å². The van der Waals surface area contributed by atoms with Gasteiger partial charge in [-0.05, 0) is 38.1 Å². The lowest BCUT2D eigenvalue weighted by Crippen LogP contribution is -2.38. The molecular formula is C17H17N3O4. The van der Waals surface area contributed by atoms with E-state index in [2.05, 4.69) is 20.0 Å². The number of hydrogen-bond donors (Lipinski definition) is 2. The Morgan fingerprint density at radius 1 is 1.25 bits per heavy atom. The summed E-state index contributed by atoms with van der Waals surface area (Å²) >= 11 is 0. The van der Waals surface area contributed by atoms with E-state index in [1.807, 2.05) is 0 Å². The summed E-state index contributed by atoms with van der Waals surface area (Å²) in [4.78, 5) is 16.2. The summed E-state index contributed by atoms with van der Waals surface area (Å²) in [6.07, 6.45) is 1.24. The molecule has 7 heteroatoms. The fourth-order valence-electron chi connectivity index (χ4n) is 2.23. The van der Waals surface area contributed by atoms with E-state index in [-0.39, 0.29) is 12.5 Å². The number of aliphatic hydroxyl groups is 1. The Kier molecular flexibility index (Phi) is 4.18. The average Bonchev–Trinajstić information content (AvgIpc) is 3.24. The number of hydrogen-bond acceptors (Lipinski definition) is 6. The molecule has 0 radical (unpaired) electrons. The van der Waals surface area contributed by atoms with Gasteiger partial charge < -0.3 is 19.4 Å². The van der Waals surface area contributed by atoms with Crippen LogP contribution in [0.2, 0.25) is 0 Å². The summed E-state index contributed by atoms with van der Waals surface area (Å²) in [7, 11) is 0. The molecule has 1 aromatic carbocycles. The van der Waals surface area contributed by atoms with Crippen LogP contribution in [0.3, 0.4) is 0 Å². The van der Waals surface area contributed by atoms with Crippen molar-refractivity contribution in [3.8, 4) is 11.4 Å². The first-order valence-electron chi connectivity index (χ1n) is 7.40. The number of aromatic nitrogens is 2. The Morgan fingerprint density at radius 2 is 2.00 bits per heavy atom. The average molecular weight is 327 g/mol. The maximum atomic E-state index is 12.2. The highest BCUT2D eigenvalue weighted by atomic mass is 16.5. The van der Waals surface area contributed by atoms with E-state index in [4.69, 9.17) is 4.42 Å². The van der Waals surface area contributed by atoms with Crippen LogP contribution in [0.15, 0.2) is 51.7 Å². The molecule has 3 aromatic rings. The van der Waals surface area contributed by atoms with Crippen LogP contribution in [0.25, 0.3) is 11.4 Å². The highest BCUT2D eigenvalue weighted by molar-refractivity contribution is 5.94. The van der Waals surface area contributed by atoms with E-state index in [0.717, 1.165) is 5.56 Å². The van der Waals surface area contributed by atoms with Crippen LogP contribution in [0, 0.1) is 6.92 Å². The van der Waals surface area contributed by atoms with E-state index in [1.165, 1.54) is 6.39 Å². The van der Waals surface area contributed by atoms with E-state index < -0.39 is 5.60 Å². The molecule has 2 aromatic heterocycles. The lowest BCUT2D eigenvalue weighted by Gasteiger charge is -2.21. The van der Waals surface area contributed by atoms with Crippen molar-refractivity contribution in [1.29, 1.82) is 0 Å². The first-order valence-corrected chi connectivity index (χ1v) is 7.40. The summed E-state index contributed by atoms with van der Waals surface area (Å²) in [5, 5.41) is 16.9. The zero-order chi connectivity index (χ0) is 17.2. The van der Waals surface area contributed by atoms with Gasteiger partial charge in [-0.3, -0.25) is 4.79 Å². The van der Waals surface area contributed by atoms with Crippen molar-refractivity contribution < 1.29 is 18.8 Å². The van der Waals surface area contributed by atoms with Gasteiger partial charge in [0.2, 0.25) is 12.2 Å². The number of nitrogens with zero attached hydrogens (tertiary/aromatic N) is 2. The van der Waals surface area contributed by atoms with Crippen molar-refractivity contribution >= 4 is 5.91 Å². The number of nitrogens with one attached hydrogen (secondary N) is 1. The smallest absolute Gasteiger partial charge is 0.251 e. The van der Waals surface area contributed by atoms with Crippen LogP contribution in [0.5, 0.6) is 0 Å². The number of furan rings is 1. The van der Waals surface area contributed by atoms with Crippen LogP contribution in [-0.2, 0) is 5.60 Å². The minimum Gasteiger partial charge on any atom is -0.463 e. The molecule has 2 N–H and O–H groups in total. The van der Waals surface area contributed by atoms with Gasteiger partial charge in [-0.15, -0.1) is 0 Å². The van der Waals surface area contributed by atoms with Gasteiger partial charge in [0.05, 0.1) is 6.54 Å². The first-order chi connectivity index (χ1) is 11.5. The number of amides is 1. The molecule has 7 nitrogen and oxygen atoms in total.